The van der Waals surface area contributed by atoms with Crippen LogP contribution in [0.4, 0.5) is 0 Å². The summed E-state index contributed by atoms with van der Waals surface area (Å²) in [6.45, 7) is 2.58. The third-order valence-electron chi connectivity index (χ3n) is 4.30. The molecule has 0 aromatic heterocycles. The van der Waals surface area contributed by atoms with Crippen LogP contribution in [-0.4, -0.2) is 49.3 Å². The number of nitrogens with one attached hydrogen (secondary N) is 2. The Hall–Kier alpha value is -2.21. The second kappa shape index (κ2) is 5.88. The molecule has 3 amide bonds. The lowest BCUT2D eigenvalue weighted by molar-refractivity contribution is 0.0693. The van der Waals surface area contributed by atoms with Gasteiger partial charge in [-0.05, 0) is 50.0 Å². The topological polar surface area (TPSA) is 78.5 Å². The zero-order chi connectivity index (χ0) is 15.7. The number of hydrogen-bond acceptors (Lipinski definition) is 4. The SMILES string of the molecule is CN1C(=O)c2ccc(C(=O)NCC3CCCNC3)cc2C1=O. The minimum Gasteiger partial charge on any atom is -0.352 e. The van der Waals surface area contributed by atoms with Crippen molar-refractivity contribution in [1.29, 1.82) is 0 Å². The van der Waals surface area contributed by atoms with Crippen LogP contribution in [0.5, 0.6) is 0 Å². The Bertz CT molecular complexity index is 636. The summed E-state index contributed by atoms with van der Waals surface area (Å²) in [6.07, 6.45) is 2.23. The molecule has 0 bridgehead atoms. The van der Waals surface area contributed by atoms with Crippen LogP contribution < -0.4 is 10.6 Å². The van der Waals surface area contributed by atoms with Crippen molar-refractivity contribution >= 4 is 17.7 Å². The Kier molecular flexibility index (Phi) is 3.94. The summed E-state index contributed by atoms with van der Waals surface area (Å²) in [5.41, 5.74) is 1.08. The van der Waals surface area contributed by atoms with Crippen molar-refractivity contribution in [2.24, 2.45) is 5.92 Å². The zero-order valence-electron chi connectivity index (χ0n) is 12.5. The molecule has 2 N–H and O–H groups in total. The van der Waals surface area contributed by atoms with Gasteiger partial charge in [-0.25, -0.2) is 0 Å². The maximum Gasteiger partial charge on any atom is 0.261 e. The van der Waals surface area contributed by atoms with Crippen molar-refractivity contribution in [3.05, 3.63) is 34.9 Å². The highest BCUT2D eigenvalue weighted by Crippen LogP contribution is 2.22. The number of benzene rings is 1. The molecule has 22 heavy (non-hydrogen) atoms. The predicted molar refractivity (Wildman–Crippen MR) is 80.8 cm³/mol. The van der Waals surface area contributed by atoms with Gasteiger partial charge in [-0.1, -0.05) is 0 Å². The van der Waals surface area contributed by atoms with Crippen molar-refractivity contribution < 1.29 is 14.4 Å². The first-order chi connectivity index (χ1) is 10.6. The van der Waals surface area contributed by atoms with Gasteiger partial charge in [-0.2, -0.15) is 0 Å². The molecular weight excluding hydrogens is 282 g/mol. The predicted octanol–water partition coefficient (Wildman–Crippen LogP) is 0.642. The molecule has 0 aliphatic carbocycles. The average Bonchev–Trinajstić information content (AvgIpc) is 2.78. The van der Waals surface area contributed by atoms with E-state index in [4.69, 9.17) is 0 Å². The lowest BCUT2D eigenvalue weighted by atomic mass is 9.99. The van der Waals surface area contributed by atoms with Gasteiger partial charge < -0.3 is 10.6 Å². The van der Waals surface area contributed by atoms with E-state index in [0.717, 1.165) is 30.8 Å². The monoisotopic (exact) mass is 301 g/mol. The fourth-order valence-corrected chi connectivity index (χ4v) is 2.94. The van der Waals surface area contributed by atoms with Gasteiger partial charge in [0, 0.05) is 19.2 Å². The van der Waals surface area contributed by atoms with Gasteiger partial charge in [0.05, 0.1) is 11.1 Å². The van der Waals surface area contributed by atoms with Crippen LogP contribution in [-0.2, 0) is 0 Å². The Labute approximate surface area is 128 Å². The van der Waals surface area contributed by atoms with Crippen LogP contribution in [0.25, 0.3) is 0 Å². The van der Waals surface area contributed by atoms with E-state index in [2.05, 4.69) is 10.6 Å². The third-order valence-corrected chi connectivity index (χ3v) is 4.30. The molecule has 2 heterocycles. The van der Waals surface area contributed by atoms with Crippen molar-refractivity contribution in [3.8, 4) is 0 Å². The van der Waals surface area contributed by atoms with Crippen molar-refractivity contribution in [1.82, 2.24) is 15.5 Å². The molecule has 1 unspecified atom stereocenters. The summed E-state index contributed by atoms with van der Waals surface area (Å²) in [7, 11) is 1.44. The van der Waals surface area contributed by atoms with Crippen LogP contribution in [0, 0.1) is 5.92 Å². The van der Waals surface area contributed by atoms with E-state index < -0.39 is 0 Å². The van der Waals surface area contributed by atoms with Gasteiger partial charge in [0.2, 0.25) is 0 Å². The second-order valence-corrected chi connectivity index (χ2v) is 5.85. The number of carbonyl (C=O) groups excluding carboxylic acids is 3. The summed E-state index contributed by atoms with van der Waals surface area (Å²) in [6, 6.07) is 4.65. The maximum atomic E-state index is 12.2. The molecule has 6 nitrogen and oxygen atoms in total. The summed E-state index contributed by atoms with van der Waals surface area (Å²) in [5, 5.41) is 6.22. The quantitative estimate of drug-likeness (QED) is 0.803. The molecule has 116 valence electrons. The van der Waals surface area contributed by atoms with Crippen LogP contribution in [0.2, 0.25) is 0 Å². The largest absolute Gasteiger partial charge is 0.352 e. The molecule has 2 aliphatic heterocycles. The van der Waals surface area contributed by atoms with Crippen molar-refractivity contribution in [2.45, 2.75) is 12.8 Å². The molecule has 2 aliphatic rings. The number of carbonyl (C=O) groups is 3. The first kappa shape index (κ1) is 14.7. The summed E-state index contributed by atoms with van der Waals surface area (Å²) < 4.78 is 0. The highest BCUT2D eigenvalue weighted by Gasteiger charge is 2.33. The highest BCUT2D eigenvalue weighted by atomic mass is 16.2. The van der Waals surface area contributed by atoms with Crippen LogP contribution in [0.15, 0.2) is 18.2 Å². The summed E-state index contributed by atoms with van der Waals surface area (Å²) >= 11 is 0. The zero-order valence-corrected chi connectivity index (χ0v) is 12.5. The number of rotatable bonds is 3. The molecule has 1 aromatic carbocycles. The molecule has 1 fully saturated rings. The van der Waals surface area contributed by atoms with Crippen LogP contribution >= 0.6 is 0 Å². The fourth-order valence-electron chi connectivity index (χ4n) is 2.94. The van der Waals surface area contributed by atoms with Gasteiger partial charge in [0.25, 0.3) is 17.7 Å². The molecule has 1 atom stereocenters. The number of imide groups is 1. The lowest BCUT2D eigenvalue weighted by Gasteiger charge is -2.22. The van der Waals surface area contributed by atoms with Crippen molar-refractivity contribution in [2.75, 3.05) is 26.7 Å². The van der Waals surface area contributed by atoms with E-state index in [1.165, 1.54) is 13.1 Å². The molecule has 0 saturated carbocycles. The van der Waals surface area contributed by atoms with Crippen molar-refractivity contribution in [3.63, 3.8) is 0 Å². The van der Waals surface area contributed by atoms with Gasteiger partial charge >= 0.3 is 0 Å². The summed E-state index contributed by atoms with van der Waals surface area (Å²) in [4.78, 5) is 37.1. The Morgan fingerprint density at radius 1 is 1.32 bits per heavy atom. The molecule has 0 radical (unpaired) electrons. The normalized spacial score (nSPS) is 21.0. The van der Waals surface area contributed by atoms with E-state index in [1.54, 1.807) is 12.1 Å². The summed E-state index contributed by atoms with van der Waals surface area (Å²) in [5.74, 6) is -0.434. The van der Waals surface area contributed by atoms with E-state index >= 15 is 0 Å². The Morgan fingerprint density at radius 2 is 2.09 bits per heavy atom. The highest BCUT2D eigenvalue weighted by molar-refractivity contribution is 6.21. The standard InChI is InChI=1S/C16H19N3O3/c1-19-15(21)12-5-4-11(7-13(12)16(19)22)14(20)18-9-10-3-2-6-17-8-10/h4-5,7,10,17H,2-3,6,8-9H2,1H3,(H,18,20). The first-order valence-corrected chi connectivity index (χ1v) is 7.53. The second-order valence-electron chi connectivity index (χ2n) is 5.85. The Morgan fingerprint density at radius 3 is 2.82 bits per heavy atom. The van der Waals surface area contributed by atoms with E-state index in [1.807, 2.05) is 0 Å². The third kappa shape index (κ3) is 2.62. The molecular formula is C16H19N3O3. The van der Waals surface area contributed by atoms with E-state index in [9.17, 15) is 14.4 Å². The smallest absolute Gasteiger partial charge is 0.261 e. The number of amides is 3. The van der Waals surface area contributed by atoms with Gasteiger partial charge in [-0.15, -0.1) is 0 Å². The number of fused-ring (bicyclic) bond motifs is 1. The lowest BCUT2D eigenvalue weighted by Crippen LogP contribution is -2.38. The fraction of sp³-hybridized carbons (Fsp3) is 0.438. The van der Waals surface area contributed by atoms with Gasteiger partial charge in [0.15, 0.2) is 0 Å². The number of nitrogens with zero attached hydrogens (tertiary/aromatic N) is 1. The van der Waals surface area contributed by atoms with E-state index in [-0.39, 0.29) is 17.7 Å². The minimum atomic E-state index is -0.355. The molecule has 1 aromatic rings. The first-order valence-electron chi connectivity index (χ1n) is 7.53. The van der Waals surface area contributed by atoms with Crippen LogP contribution in [0.1, 0.15) is 43.9 Å². The van der Waals surface area contributed by atoms with E-state index in [0.29, 0.717) is 29.2 Å². The average molecular weight is 301 g/mol. The number of piperidine rings is 1. The van der Waals surface area contributed by atoms with Crippen LogP contribution in [0.3, 0.4) is 0 Å². The molecule has 1 saturated heterocycles. The minimum absolute atomic E-state index is 0.205. The molecule has 0 spiro atoms. The Balaban J connectivity index is 1.69. The maximum absolute atomic E-state index is 12.2. The van der Waals surface area contributed by atoms with Gasteiger partial charge in [-0.3, -0.25) is 19.3 Å². The molecule has 6 heteroatoms. The number of hydrogen-bond donors (Lipinski definition) is 2. The molecule has 3 rings (SSSR count). The van der Waals surface area contributed by atoms with Gasteiger partial charge in [0.1, 0.15) is 0 Å².